The van der Waals surface area contributed by atoms with E-state index in [1.165, 1.54) is 36.9 Å². The van der Waals surface area contributed by atoms with Crippen molar-refractivity contribution in [2.24, 2.45) is 5.92 Å². The lowest BCUT2D eigenvalue weighted by molar-refractivity contribution is 0.529. The first-order chi connectivity index (χ1) is 7.70. The van der Waals surface area contributed by atoms with Crippen molar-refractivity contribution >= 4 is 0 Å². The van der Waals surface area contributed by atoms with Gasteiger partial charge in [-0.25, -0.2) is 0 Å². The van der Waals surface area contributed by atoms with Gasteiger partial charge in [-0.2, -0.15) is 0 Å². The maximum Gasteiger partial charge on any atom is 0.0208 e. The van der Waals surface area contributed by atoms with Crippen LogP contribution in [0.5, 0.6) is 0 Å². The van der Waals surface area contributed by atoms with Crippen LogP contribution >= 0.6 is 0 Å². The Morgan fingerprint density at radius 1 is 1.31 bits per heavy atom. The van der Waals surface area contributed by atoms with E-state index in [0.29, 0.717) is 5.41 Å². The molecule has 16 heavy (non-hydrogen) atoms. The van der Waals surface area contributed by atoms with Crippen LogP contribution in [0.1, 0.15) is 43.4 Å². The molecule has 86 valence electrons. The highest BCUT2D eigenvalue weighted by molar-refractivity contribution is 5.43. The van der Waals surface area contributed by atoms with Gasteiger partial charge >= 0.3 is 0 Å². The van der Waals surface area contributed by atoms with Gasteiger partial charge in [0.1, 0.15) is 0 Å². The smallest absolute Gasteiger partial charge is 0.0208 e. The molecule has 0 atom stereocenters. The lowest BCUT2D eigenvalue weighted by Crippen LogP contribution is -2.33. The van der Waals surface area contributed by atoms with Gasteiger partial charge in [-0.15, -0.1) is 0 Å². The van der Waals surface area contributed by atoms with Crippen molar-refractivity contribution in [2.45, 2.75) is 45.1 Å². The largest absolute Gasteiger partial charge is 0.312 e. The van der Waals surface area contributed by atoms with Crippen LogP contribution in [0.4, 0.5) is 0 Å². The third-order valence-electron chi connectivity index (χ3n) is 4.02. The molecule has 1 saturated carbocycles. The van der Waals surface area contributed by atoms with Gasteiger partial charge in [-0.05, 0) is 41.9 Å². The average Bonchev–Trinajstić information content (AvgIpc) is 3.00. The van der Waals surface area contributed by atoms with E-state index in [9.17, 15) is 0 Å². The monoisotopic (exact) mass is 215 g/mol. The summed E-state index contributed by atoms with van der Waals surface area (Å²) in [7, 11) is 0. The normalized spacial score (nSPS) is 21.2. The Hall–Kier alpha value is -0.820. The molecule has 1 heteroatoms. The van der Waals surface area contributed by atoms with Crippen LogP contribution in [0.25, 0.3) is 0 Å². The van der Waals surface area contributed by atoms with Crippen LogP contribution < -0.4 is 5.32 Å². The molecule has 1 N–H and O–H groups in total. The molecule has 2 aliphatic rings. The van der Waals surface area contributed by atoms with Crippen LogP contribution in [0.15, 0.2) is 18.2 Å². The van der Waals surface area contributed by atoms with Gasteiger partial charge in [-0.1, -0.05) is 32.0 Å². The van der Waals surface area contributed by atoms with E-state index in [4.69, 9.17) is 0 Å². The molecule has 1 aliphatic carbocycles. The highest BCUT2D eigenvalue weighted by Crippen LogP contribution is 2.50. The summed E-state index contributed by atoms with van der Waals surface area (Å²) in [5, 5.41) is 3.55. The lowest BCUT2D eigenvalue weighted by Gasteiger charge is -2.27. The number of rotatable bonds is 2. The van der Waals surface area contributed by atoms with Crippen LogP contribution in [0, 0.1) is 5.92 Å². The maximum absolute atomic E-state index is 3.55. The summed E-state index contributed by atoms with van der Waals surface area (Å²) in [6, 6.07) is 7.16. The highest BCUT2D eigenvalue weighted by Gasteiger charge is 2.46. The third kappa shape index (κ3) is 1.67. The zero-order valence-electron chi connectivity index (χ0n) is 10.3. The number of benzene rings is 1. The molecular weight excluding hydrogens is 194 g/mol. The number of hydrogen-bond donors (Lipinski definition) is 1. The molecule has 0 bridgehead atoms. The lowest BCUT2D eigenvalue weighted by atomic mass is 9.85. The molecule has 1 spiro atoms. The molecule has 1 aliphatic heterocycles. The van der Waals surface area contributed by atoms with E-state index in [2.05, 4.69) is 37.4 Å². The summed E-state index contributed by atoms with van der Waals surface area (Å²) < 4.78 is 0. The van der Waals surface area contributed by atoms with E-state index in [1.807, 2.05) is 0 Å². The Morgan fingerprint density at radius 3 is 2.81 bits per heavy atom. The van der Waals surface area contributed by atoms with Gasteiger partial charge in [0, 0.05) is 18.5 Å². The van der Waals surface area contributed by atoms with Crippen molar-refractivity contribution in [3.8, 4) is 0 Å². The Balaban J connectivity index is 1.96. The summed E-state index contributed by atoms with van der Waals surface area (Å²) in [6.45, 7) is 6.87. The highest BCUT2D eigenvalue weighted by atomic mass is 14.9. The third-order valence-corrected chi connectivity index (χ3v) is 4.02. The topological polar surface area (TPSA) is 12.0 Å². The molecule has 0 saturated heterocycles. The van der Waals surface area contributed by atoms with E-state index in [0.717, 1.165) is 12.5 Å². The van der Waals surface area contributed by atoms with Crippen LogP contribution in [-0.4, -0.2) is 6.54 Å². The Morgan fingerprint density at radius 2 is 2.12 bits per heavy atom. The first kappa shape index (κ1) is 10.3. The summed E-state index contributed by atoms with van der Waals surface area (Å²) in [5.41, 5.74) is 5.25. The number of nitrogens with one attached hydrogen (secondary N) is 1. The average molecular weight is 215 g/mol. The molecule has 1 nitrogen and oxygen atoms in total. The first-order valence-corrected chi connectivity index (χ1v) is 6.53. The predicted octanol–water partition coefficient (Wildman–Crippen LogP) is 3.02. The maximum atomic E-state index is 3.55. The Bertz CT molecular complexity index is 402. The zero-order chi connectivity index (χ0) is 11.2. The van der Waals surface area contributed by atoms with Gasteiger partial charge in [0.15, 0.2) is 0 Å². The molecule has 1 aromatic rings. The molecule has 1 fully saturated rings. The standard InChI is InChI=1S/C15H21N/c1-11(2)7-12-3-4-13-9-16-10-15(5-6-15)14(13)8-12/h3-4,8,11,16H,5-7,9-10H2,1-2H3. The van der Waals surface area contributed by atoms with Gasteiger partial charge in [-0.3, -0.25) is 0 Å². The minimum absolute atomic E-state index is 0.528. The second-order valence-corrected chi connectivity index (χ2v) is 5.97. The zero-order valence-corrected chi connectivity index (χ0v) is 10.3. The van der Waals surface area contributed by atoms with Crippen LogP contribution in [0.2, 0.25) is 0 Å². The second kappa shape index (κ2) is 3.59. The van der Waals surface area contributed by atoms with E-state index in [-0.39, 0.29) is 0 Å². The molecule has 0 radical (unpaired) electrons. The summed E-state index contributed by atoms with van der Waals surface area (Å²) >= 11 is 0. The van der Waals surface area contributed by atoms with Crippen molar-refractivity contribution in [3.63, 3.8) is 0 Å². The van der Waals surface area contributed by atoms with Crippen LogP contribution in [-0.2, 0) is 18.4 Å². The SMILES string of the molecule is CC(C)Cc1ccc2c(c1)C1(CC1)CNC2. The fraction of sp³-hybridized carbons (Fsp3) is 0.600. The van der Waals surface area contributed by atoms with Crippen LogP contribution in [0.3, 0.4) is 0 Å². The van der Waals surface area contributed by atoms with Crippen molar-refractivity contribution in [2.75, 3.05) is 6.54 Å². The molecular formula is C15H21N. The van der Waals surface area contributed by atoms with Crippen molar-refractivity contribution in [1.29, 1.82) is 0 Å². The van der Waals surface area contributed by atoms with Crippen molar-refractivity contribution in [1.82, 2.24) is 5.32 Å². The van der Waals surface area contributed by atoms with E-state index in [1.54, 1.807) is 5.56 Å². The molecule has 0 unspecified atom stereocenters. The van der Waals surface area contributed by atoms with Gasteiger partial charge in [0.25, 0.3) is 0 Å². The molecule has 1 aromatic carbocycles. The summed E-state index contributed by atoms with van der Waals surface area (Å²) in [4.78, 5) is 0. The van der Waals surface area contributed by atoms with Gasteiger partial charge in [0.2, 0.25) is 0 Å². The van der Waals surface area contributed by atoms with Crippen molar-refractivity contribution in [3.05, 3.63) is 34.9 Å². The fourth-order valence-electron chi connectivity index (χ4n) is 3.00. The molecule has 3 rings (SSSR count). The minimum Gasteiger partial charge on any atom is -0.312 e. The van der Waals surface area contributed by atoms with E-state index < -0.39 is 0 Å². The minimum atomic E-state index is 0.528. The quantitative estimate of drug-likeness (QED) is 0.799. The predicted molar refractivity (Wildman–Crippen MR) is 67.6 cm³/mol. The van der Waals surface area contributed by atoms with Crippen molar-refractivity contribution < 1.29 is 0 Å². The Labute approximate surface area is 98.3 Å². The first-order valence-electron chi connectivity index (χ1n) is 6.53. The number of hydrogen-bond acceptors (Lipinski definition) is 1. The second-order valence-electron chi connectivity index (χ2n) is 5.97. The van der Waals surface area contributed by atoms with Gasteiger partial charge < -0.3 is 5.32 Å². The summed E-state index contributed by atoms with van der Waals surface area (Å²) in [5.74, 6) is 0.759. The summed E-state index contributed by atoms with van der Waals surface area (Å²) in [6.07, 6.45) is 3.99. The Kier molecular flexibility index (Phi) is 2.32. The molecule has 0 amide bonds. The number of fused-ring (bicyclic) bond motifs is 2. The molecule has 0 aromatic heterocycles. The molecule has 1 heterocycles. The van der Waals surface area contributed by atoms with Gasteiger partial charge in [0.05, 0.1) is 0 Å². The van der Waals surface area contributed by atoms with E-state index >= 15 is 0 Å². The fourth-order valence-corrected chi connectivity index (χ4v) is 3.00.